The molecule has 8 heteroatoms. The number of nitrogens with one attached hydrogen (secondary N) is 2. The molecule has 1 saturated heterocycles. The van der Waals surface area contributed by atoms with Crippen molar-refractivity contribution >= 4 is 28.3 Å². The number of benzene rings is 1. The van der Waals surface area contributed by atoms with E-state index in [-0.39, 0.29) is 17.4 Å². The van der Waals surface area contributed by atoms with Crippen LogP contribution in [0.3, 0.4) is 0 Å². The minimum absolute atomic E-state index is 0.0802. The lowest BCUT2D eigenvalue weighted by Gasteiger charge is -2.29. The van der Waals surface area contributed by atoms with Crippen LogP contribution in [-0.4, -0.2) is 40.8 Å². The van der Waals surface area contributed by atoms with Crippen LogP contribution >= 0.6 is 11.3 Å². The Morgan fingerprint density at radius 2 is 1.97 bits per heavy atom. The van der Waals surface area contributed by atoms with Crippen molar-refractivity contribution in [2.45, 2.75) is 46.2 Å². The van der Waals surface area contributed by atoms with Gasteiger partial charge in [-0.15, -0.1) is 11.3 Å². The van der Waals surface area contributed by atoms with Gasteiger partial charge in [-0.05, 0) is 49.9 Å². The molecule has 1 aromatic heterocycles. The van der Waals surface area contributed by atoms with Crippen LogP contribution in [0.4, 0.5) is 9.52 Å². The summed E-state index contributed by atoms with van der Waals surface area (Å²) in [6.07, 6.45) is 2.40. The van der Waals surface area contributed by atoms with E-state index in [4.69, 9.17) is 0 Å². The third-order valence-corrected chi connectivity index (χ3v) is 6.20. The maximum atomic E-state index is 13.9. The van der Waals surface area contributed by atoms with E-state index in [0.29, 0.717) is 5.13 Å². The number of piperidine rings is 1. The molecule has 0 saturated carbocycles. The number of nitrogens with zero attached hydrogens (tertiary/aromatic N) is 2. The normalized spacial score (nSPS) is 16.4. The van der Waals surface area contributed by atoms with Gasteiger partial charge in [0.1, 0.15) is 11.9 Å². The molecule has 0 spiro atoms. The summed E-state index contributed by atoms with van der Waals surface area (Å²) in [5.74, 6) is -0.979. The molecule has 1 fully saturated rings. The van der Waals surface area contributed by atoms with Gasteiger partial charge in [-0.1, -0.05) is 32.9 Å². The van der Waals surface area contributed by atoms with Gasteiger partial charge in [-0.2, -0.15) is 0 Å². The number of anilines is 1. The maximum absolute atomic E-state index is 13.9. The van der Waals surface area contributed by atoms with E-state index < -0.39 is 17.8 Å². The molecule has 2 N–H and O–H groups in total. The van der Waals surface area contributed by atoms with Crippen molar-refractivity contribution in [3.8, 4) is 0 Å². The minimum Gasteiger partial charge on any atom is -0.340 e. The van der Waals surface area contributed by atoms with Crippen LogP contribution in [-0.2, 0) is 11.3 Å². The Morgan fingerprint density at radius 3 is 2.63 bits per heavy atom. The third kappa shape index (κ3) is 5.86. The molecule has 162 valence electrons. The Kier molecular flexibility index (Phi) is 7.55. The fourth-order valence-corrected chi connectivity index (χ4v) is 4.17. The van der Waals surface area contributed by atoms with Gasteiger partial charge in [0.2, 0.25) is 5.91 Å². The first-order valence-electron chi connectivity index (χ1n) is 10.4. The highest BCUT2D eigenvalue weighted by Gasteiger charge is 2.26. The zero-order valence-corrected chi connectivity index (χ0v) is 18.5. The highest BCUT2D eigenvalue weighted by Crippen LogP contribution is 2.21. The molecule has 2 amide bonds. The lowest BCUT2D eigenvalue weighted by Crippen LogP contribution is -2.47. The fraction of sp³-hybridized carbons (Fsp3) is 0.500. The fourth-order valence-electron chi connectivity index (χ4n) is 3.47. The van der Waals surface area contributed by atoms with E-state index in [9.17, 15) is 14.0 Å². The number of amides is 2. The van der Waals surface area contributed by atoms with Crippen LogP contribution in [0.2, 0.25) is 0 Å². The van der Waals surface area contributed by atoms with Crippen LogP contribution in [0, 0.1) is 17.7 Å². The first kappa shape index (κ1) is 22.4. The molecule has 0 bridgehead atoms. The second-order valence-electron chi connectivity index (χ2n) is 8.27. The Labute approximate surface area is 180 Å². The van der Waals surface area contributed by atoms with Crippen LogP contribution in [0.25, 0.3) is 0 Å². The van der Waals surface area contributed by atoms with Crippen molar-refractivity contribution in [3.05, 3.63) is 46.7 Å². The lowest BCUT2D eigenvalue weighted by molar-refractivity contribution is -0.118. The molecule has 1 aromatic carbocycles. The molecular formula is C22H29FN4O2S. The zero-order valence-electron chi connectivity index (χ0n) is 17.7. The molecule has 30 heavy (non-hydrogen) atoms. The van der Waals surface area contributed by atoms with Crippen molar-refractivity contribution in [2.75, 3.05) is 18.4 Å². The summed E-state index contributed by atoms with van der Waals surface area (Å²) < 4.78 is 13.9. The van der Waals surface area contributed by atoms with Crippen LogP contribution in [0.5, 0.6) is 0 Å². The second-order valence-corrected chi connectivity index (χ2v) is 9.13. The largest absolute Gasteiger partial charge is 0.340 e. The molecule has 0 radical (unpaired) electrons. The van der Waals surface area contributed by atoms with Gasteiger partial charge in [-0.3, -0.25) is 14.5 Å². The average Bonchev–Trinajstić information content (AvgIpc) is 3.14. The molecule has 3 rings (SSSR count). The molecule has 0 unspecified atom stereocenters. The van der Waals surface area contributed by atoms with E-state index in [1.165, 1.54) is 42.4 Å². The summed E-state index contributed by atoms with van der Waals surface area (Å²) in [5, 5.41) is 7.91. The Hall–Kier alpha value is -2.32. The van der Waals surface area contributed by atoms with E-state index in [2.05, 4.69) is 27.4 Å². The highest BCUT2D eigenvalue weighted by molar-refractivity contribution is 7.13. The predicted molar refractivity (Wildman–Crippen MR) is 117 cm³/mol. The van der Waals surface area contributed by atoms with Crippen molar-refractivity contribution < 1.29 is 14.0 Å². The average molecular weight is 433 g/mol. The van der Waals surface area contributed by atoms with Crippen LogP contribution < -0.4 is 10.6 Å². The molecule has 1 atom stereocenters. The summed E-state index contributed by atoms with van der Waals surface area (Å²) in [6.45, 7) is 8.85. The standard InChI is InChI=1S/C22H29FN4O2S/c1-14(2)19(25-20(28)17-6-4-5-7-18(17)23)21(29)26-22-24-16(13-30-22)12-27-10-8-15(3)9-11-27/h4-7,13-15,19H,8-12H2,1-3H3,(H,25,28)(H,24,26,29)/t19-/m1/s1. The first-order chi connectivity index (χ1) is 14.3. The molecule has 2 aromatic rings. The summed E-state index contributed by atoms with van der Waals surface area (Å²) in [5.41, 5.74) is 0.852. The molecular weight excluding hydrogens is 403 g/mol. The highest BCUT2D eigenvalue weighted by atomic mass is 32.1. The number of carbonyl (C=O) groups excluding carboxylic acids is 2. The zero-order chi connectivity index (χ0) is 21.7. The van der Waals surface area contributed by atoms with E-state index in [1.54, 1.807) is 6.07 Å². The number of hydrogen-bond donors (Lipinski definition) is 2. The molecule has 1 aliphatic heterocycles. The van der Waals surface area contributed by atoms with Gasteiger partial charge in [0, 0.05) is 11.9 Å². The number of aromatic nitrogens is 1. The summed E-state index contributed by atoms with van der Waals surface area (Å²) >= 11 is 1.37. The van der Waals surface area contributed by atoms with E-state index in [0.717, 1.165) is 31.2 Å². The molecule has 0 aliphatic carbocycles. The van der Waals surface area contributed by atoms with Gasteiger partial charge >= 0.3 is 0 Å². The summed E-state index contributed by atoms with van der Waals surface area (Å²) in [6, 6.07) is 4.92. The van der Waals surface area contributed by atoms with Gasteiger partial charge in [0.25, 0.3) is 5.91 Å². The molecule has 6 nitrogen and oxygen atoms in total. The lowest BCUT2D eigenvalue weighted by atomic mass is 9.99. The monoisotopic (exact) mass is 432 g/mol. The quantitative estimate of drug-likeness (QED) is 0.696. The predicted octanol–water partition coefficient (Wildman–Crippen LogP) is 3.91. The Bertz CT molecular complexity index is 878. The Morgan fingerprint density at radius 1 is 1.27 bits per heavy atom. The number of carbonyl (C=O) groups is 2. The second kappa shape index (κ2) is 10.1. The minimum atomic E-state index is -0.798. The van der Waals surface area contributed by atoms with Crippen molar-refractivity contribution in [2.24, 2.45) is 11.8 Å². The Balaban J connectivity index is 1.59. The van der Waals surface area contributed by atoms with Crippen LogP contribution in [0.15, 0.2) is 29.6 Å². The first-order valence-corrected chi connectivity index (χ1v) is 11.2. The van der Waals surface area contributed by atoms with Gasteiger partial charge in [-0.25, -0.2) is 9.37 Å². The van der Waals surface area contributed by atoms with Crippen LogP contribution in [0.1, 0.15) is 49.7 Å². The number of hydrogen-bond acceptors (Lipinski definition) is 5. The summed E-state index contributed by atoms with van der Waals surface area (Å²) in [4.78, 5) is 32.1. The molecule has 1 aliphatic rings. The number of likely N-dealkylation sites (tertiary alicyclic amines) is 1. The van der Waals surface area contributed by atoms with Gasteiger partial charge < -0.3 is 10.6 Å². The van der Waals surface area contributed by atoms with Gasteiger partial charge in [0.15, 0.2) is 5.13 Å². The van der Waals surface area contributed by atoms with E-state index in [1.807, 2.05) is 19.2 Å². The van der Waals surface area contributed by atoms with E-state index >= 15 is 0 Å². The SMILES string of the molecule is CC1CCN(Cc2csc(NC(=O)[C@H](NC(=O)c3ccccc3F)C(C)C)n2)CC1. The topological polar surface area (TPSA) is 74.3 Å². The van der Waals surface area contributed by atoms with Crippen molar-refractivity contribution in [3.63, 3.8) is 0 Å². The summed E-state index contributed by atoms with van der Waals surface area (Å²) in [7, 11) is 0. The third-order valence-electron chi connectivity index (χ3n) is 5.40. The van der Waals surface area contributed by atoms with Gasteiger partial charge in [0.05, 0.1) is 11.3 Å². The number of halogens is 1. The number of rotatable bonds is 7. The van der Waals surface area contributed by atoms with Crippen molar-refractivity contribution in [1.29, 1.82) is 0 Å². The van der Waals surface area contributed by atoms with Crippen molar-refractivity contribution in [1.82, 2.24) is 15.2 Å². The smallest absolute Gasteiger partial charge is 0.254 e. The number of thiazole rings is 1. The maximum Gasteiger partial charge on any atom is 0.254 e. The molecule has 2 heterocycles.